The summed E-state index contributed by atoms with van der Waals surface area (Å²) in [5.41, 5.74) is 4.38. The summed E-state index contributed by atoms with van der Waals surface area (Å²) in [7, 11) is 2.10. The number of halogens is 3. The normalized spacial score (nSPS) is 14.6. The predicted octanol–water partition coefficient (Wildman–Crippen LogP) is 3.89. The molecule has 192 valence electrons. The van der Waals surface area contributed by atoms with E-state index in [0.717, 1.165) is 54.5 Å². The van der Waals surface area contributed by atoms with Crippen LogP contribution in [0.4, 0.5) is 29.6 Å². The SMILES string of the molecule is CN1CCN(c2ncc(-c3ccn4c(-c5cccc(NC(=O)NCC(F)(F)F)c5)cnc4c3)cn2)CC1. The molecule has 1 aromatic carbocycles. The van der Waals surface area contributed by atoms with Gasteiger partial charge in [0.2, 0.25) is 5.95 Å². The summed E-state index contributed by atoms with van der Waals surface area (Å²) in [5, 5.41) is 4.22. The van der Waals surface area contributed by atoms with E-state index in [2.05, 4.69) is 37.1 Å². The maximum atomic E-state index is 12.3. The van der Waals surface area contributed by atoms with Crippen molar-refractivity contribution in [1.29, 1.82) is 0 Å². The fraction of sp³-hybridized carbons (Fsp3) is 0.280. The van der Waals surface area contributed by atoms with Crippen LogP contribution >= 0.6 is 0 Å². The number of alkyl halides is 3. The third-order valence-electron chi connectivity index (χ3n) is 6.14. The molecule has 9 nitrogen and oxygen atoms in total. The molecule has 0 aliphatic carbocycles. The van der Waals surface area contributed by atoms with Crippen molar-refractivity contribution in [3.05, 3.63) is 61.2 Å². The molecular formula is C25H25F3N8O. The van der Waals surface area contributed by atoms with Gasteiger partial charge >= 0.3 is 12.2 Å². The zero-order chi connectivity index (χ0) is 26.0. The summed E-state index contributed by atoms with van der Waals surface area (Å²) in [6, 6.07) is 9.77. The van der Waals surface area contributed by atoms with Crippen LogP contribution < -0.4 is 15.5 Å². The summed E-state index contributed by atoms with van der Waals surface area (Å²) >= 11 is 0. The number of anilines is 2. The van der Waals surface area contributed by atoms with E-state index in [1.165, 1.54) is 0 Å². The first-order valence-electron chi connectivity index (χ1n) is 11.7. The van der Waals surface area contributed by atoms with E-state index < -0.39 is 18.8 Å². The van der Waals surface area contributed by atoms with Crippen LogP contribution in [0.5, 0.6) is 0 Å². The number of imidazole rings is 1. The van der Waals surface area contributed by atoms with E-state index in [4.69, 9.17) is 0 Å². The zero-order valence-corrected chi connectivity index (χ0v) is 20.0. The first kappa shape index (κ1) is 24.5. The Morgan fingerprint density at radius 1 is 0.946 bits per heavy atom. The standard InChI is InChI=1S/C25H25F3N8O/c1-34-7-9-35(10-8-34)23-30-13-19(14-31-23)17-5-6-36-21(15-29-22(36)12-17)18-3-2-4-20(11-18)33-24(37)32-16-25(26,27)28/h2-6,11-15H,7-10,16H2,1H3,(H2,32,33,37). The number of nitrogens with one attached hydrogen (secondary N) is 2. The van der Waals surface area contributed by atoms with E-state index in [1.807, 2.05) is 41.2 Å². The largest absolute Gasteiger partial charge is 0.405 e. The van der Waals surface area contributed by atoms with Crippen LogP contribution in [0.2, 0.25) is 0 Å². The van der Waals surface area contributed by atoms with Gasteiger partial charge < -0.3 is 20.4 Å². The minimum Gasteiger partial charge on any atom is -0.338 e. The molecule has 1 saturated heterocycles. The number of aromatic nitrogens is 4. The lowest BCUT2D eigenvalue weighted by Crippen LogP contribution is -2.45. The summed E-state index contributed by atoms with van der Waals surface area (Å²) in [5.74, 6) is 0.724. The van der Waals surface area contributed by atoms with Gasteiger partial charge in [-0.15, -0.1) is 0 Å². The van der Waals surface area contributed by atoms with Gasteiger partial charge in [-0.3, -0.25) is 4.40 Å². The van der Waals surface area contributed by atoms with Crippen molar-refractivity contribution in [3.8, 4) is 22.4 Å². The second-order valence-electron chi connectivity index (χ2n) is 8.85. The van der Waals surface area contributed by atoms with Crippen LogP contribution in [0.3, 0.4) is 0 Å². The summed E-state index contributed by atoms with van der Waals surface area (Å²) in [6.45, 7) is 2.35. The number of fused-ring (bicyclic) bond motifs is 1. The molecule has 0 spiro atoms. The Hall–Kier alpha value is -4.19. The molecule has 5 rings (SSSR count). The first-order valence-corrected chi connectivity index (χ1v) is 11.7. The molecule has 0 unspecified atom stereocenters. The van der Waals surface area contributed by atoms with Crippen molar-refractivity contribution in [2.24, 2.45) is 0 Å². The highest BCUT2D eigenvalue weighted by atomic mass is 19.4. The van der Waals surface area contributed by atoms with Gasteiger partial charge in [0, 0.05) is 61.6 Å². The molecule has 0 saturated carbocycles. The van der Waals surface area contributed by atoms with Gasteiger partial charge in [-0.2, -0.15) is 13.2 Å². The number of hydrogen-bond acceptors (Lipinski definition) is 6. The topological polar surface area (TPSA) is 90.7 Å². The fourth-order valence-electron chi connectivity index (χ4n) is 4.13. The number of rotatable bonds is 5. The number of amides is 2. The third kappa shape index (κ3) is 5.80. The van der Waals surface area contributed by atoms with Crippen LogP contribution in [0.25, 0.3) is 28.0 Å². The summed E-state index contributed by atoms with van der Waals surface area (Å²) in [6.07, 6.45) is 2.74. The number of carbonyl (C=O) groups is 1. The van der Waals surface area contributed by atoms with E-state index in [1.54, 1.807) is 29.7 Å². The van der Waals surface area contributed by atoms with Crippen LogP contribution in [0.15, 0.2) is 61.2 Å². The Kier molecular flexibility index (Phi) is 6.66. The van der Waals surface area contributed by atoms with Gasteiger partial charge in [-0.25, -0.2) is 19.7 Å². The second kappa shape index (κ2) is 10.1. The Morgan fingerprint density at radius 3 is 2.43 bits per heavy atom. The zero-order valence-electron chi connectivity index (χ0n) is 20.0. The number of likely N-dealkylation sites (N-methyl/N-ethyl adjacent to an activating group) is 1. The number of piperazine rings is 1. The van der Waals surface area contributed by atoms with Crippen molar-refractivity contribution in [3.63, 3.8) is 0 Å². The first-order chi connectivity index (χ1) is 17.7. The van der Waals surface area contributed by atoms with Crippen LogP contribution in [0, 0.1) is 0 Å². The predicted molar refractivity (Wildman–Crippen MR) is 134 cm³/mol. The molecule has 2 amide bonds. The average Bonchev–Trinajstić information content (AvgIpc) is 3.31. The molecule has 1 aliphatic rings. The maximum Gasteiger partial charge on any atom is 0.405 e. The Balaban J connectivity index is 1.31. The van der Waals surface area contributed by atoms with Crippen molar-refractivity contribution in [1.82, 2.24) is 29.6 Å². The quantitative estimate of drug-likeness (QED) is 0.423. The highest BCUT2D eigenvalue weighted by molar-refractivity contribution is 5.90. The molecular weight excluding hydrogens is 485 g/mol. The van der Waals surface area contributed by atoms with Gasteiger partial charge in [-0.1, -0.05) is 12.1 Å². The molecule has 1 aliphatic heterocycles. The highest BCUT2D eigenvalue weighted by Gasteiger charge is 2.27. The minimum absolute atomic E-state index is 0.362. The number of urea groups is 1. The van der Waals surface area contributed by atoms with Crippen molar-refractivity contribution in [2.75, 3.05) is 50.0 Å². The molecule has 0 atom stereocenters. The molecule has 0 bridgehead atoms. The number of benzene rings is 1. The van der Waals surface area contributed by atoms with Crippen molar-refractivity contribution >= 4 is 23.3 Å². The molecule has 37 heavy (non-hydrogen) atoms. The van der Waals surface area contributed by atoms with Crippen LogP contribution in [-0.2, 0) is 0 Å². The maximum absolute atomic E-state index is 12.3. The Morgan fingerprint density at radius 2 is 1.70 bits per heavy atom. The van der Waals surface area contributed by atoms with Crippen molar-refractivity contribution < 1.29 is 18.0 Å². The molecule has 0 radical (unpaired) electrons. The van der Waals surface area contributed by atoms with Gasteiger partial charge in [0.25, 0.3) is 0 Å². The van der Waals surface area contributed by atoms with Gasteiger partial charge in [0.15, 0.2) is 0 Å². The van der Waals surface area contributed by atoms with E-state index >= 15 is 0 Å². The van der Waals surface area contributed by atoms with E-state index in [-0.39, 0.29) is 0 Å². The molecule has 1 fully saturated rings. The smallest absolute Gasteiger partial charge is 0.338 e. The Labute approximate surface area is 211 Å². The number of carbonyl (C=O) groups excluding carboxylic acids is 1. The second-order valence-corrected chi connectivity index (χ2v) is 8.85. The van der Waals surface area contributed by atoms with E-state index in [9.17, 15) is 18.0 Å². The van der Waals surface area contributed by atoms with Gasteiger partial charge in [0.05, 0.1) is 11.9 Å². The summed E-state index contributed by atoms with van der Waals surface area (Å²) in [4.78, 5) is 29.9. The number of nitrogens with zero attached hydrogens (tertiary/aromatic N) is 6. The minimum atomic E-state index is -4.48. The molecule has 3 aromatic heterocycles. The van der Waals surface area contributed by atoms with Gasteiger partial charge in [-0.05, 0) is 36.9 Å². The lowest BCUT2D eigenvalue weighted by atomic mass is 10.1. The molecule has 4 heterocycles. The third-order valence-corrected chi connectivity index (χ3v) is 6.14. The lowest BCUT2D eigenvalue weighted by molar-refractivity contribution is -0.122. The number of pyridine rings is 1. The van der Waals surface area contributed by atoms with Crippen molar-refractivity contribution in [2.45, 2.75) is 6.18 Å². The van der Waals surface area contributed by atoms with Crippen LogP contribution in [-0.4, -0.2) is 76.2 Å². The monoisotopic (exact) mass is 510 g/mol. The van der Waals surface area contributed by atoms with Gasteiger partial charge in [0.1, 0.15) is 12.2 Å². The number of hydrogen-bond donors (Lipinski definition) is 2. The highest BCUT2D eigenvalue weighted by Crippen LogP contribution is 2.27. The molecule has 2 N–H and O–H groups in total. The Bertz CT molecular complexity index is 1400. The molecule has 12 heteroatoms. The van der Waals surface area contributed by atoms with Crippen LogP contribution in [0.1, 0.15) is 0 Å². The molecule has 4 aromatic rings. The summed E-state index contributed by atoms with van der Waals surface area (Å²) < 4.78 is 38.9. The fourth-order valence-corrected chi connectivity index (χ4v) is 4.13. The average molecular weight is 511 g/mol. The van der Waals surface area contributed by atoms with E-state index in [0.29, 0.717) is 11.3 Å². The lowest BCUT2D eigenvalue weighted by Gasteiger charge is -2.32.